The first-order chi connectivity index (χ1) is 6.84. The third kappa shape index (κ3) is 4.03. The highest BCUT2D eigenvalue weighted by atomic mass is 79.9. The maximum absolute atomic E-state index is 5.13. The first kappa shape index (κ1) is 11.4. The Morgan fingerprint density at radius 1 is 1.64 bits per heavy atom. The molecule has 74 valence electrons. The molecule has 0 amide bonds. The van der Waals surface area contributed by atoms with Crippen molar-refractivity contribution in [2.24, 2.45) is 0 Å². The fraction of sp³-hybridized carbons (Fsp3) is 0.300. The molecular formula is C10H11BrN2S. The first-order valence-corrected chi connectivity index (χ1v) is 6.15. The van der Waals surface area contributed by atoms with Crippen LogP contribution in [0.3, 0.4) is 0 Å². The quantitative estimate of drug-likeness (QED) is 0.658. The fourth-order valence-corrected chi connectivity index (χ4v) is 1.79. The molecule has 1 aromatic heterocycles. The second kappa shape index (κ2) is 6.74. The number of pyridine rings is 1. The SMILES string of the molecule is C#CCSCCNc1ncccc1Br. The van der Waals surface area contributed by atoms with Crippen molar-refractivity contribution in [3.05, 3.63) is 22.8 Å². The average molecular weight is 271 g/mol. The number of nitrogens with one attached hydrogen (secondary N) is 1. The van der Waals surface area contributed by atoms with Gasteiger partial charge in [0.05, 0.1) is 10.2 Å². The van der Waals surface area contributed by atoms with Crippen molar-refractivity contribution in [1.82, 2.24) is 4.98 Å². The van der Waals surface area contributed by atoms with E-state index in [0.717, 1.165) is 28.3 Å². The molecule has 1 aromatic rings. The monoisotopic (exact) mass is 270 g/mol. The molecular weight excluding hydrogens is 260 g/mol. The molecule has 14 heavy (non-hydrogen) atoms. The van der Waals surface area contributed by atoms with Gasteiger partial charge in [0.1, 0.15) is 5.82 Å². The van der Waals surface area contributed by atoms with Gasteiger partial charge in [-0.25, -0.2) is 4.98 Å². The number of nitrogens with zero attached hydrogens (tertiary/aromatic N) is 1. The average Bonchev–Trinajstić information content (AvgIpc) is 2.20. The third-order valence-electron chi connectivity index (χ3n) is 1.48. The summed E-state index contributed by atoms with van der Waals surface area (Å²) in [5, 5.41) is 3.22. The van der Waals surface area contributed by atoms with Gasteiger partial charge in [0.2, 0.25) is 0 Å². The Bertz CT molecular complexity index is 322. The number of hydrogen-bond acceptors (Lipinski definition) is 3. The molecule has 0 aliphatic rings. The van der Waals surface area contributed by atoms with Gasteiger partial charge in [-0.15, -0.1) is 18.2 Å². The molecule has 0 bridgehead atoms. The fourth-order valence-electron chi connectivity index (χ4n) is 0.888. The number of thioether (sulfide) groups is 1. The topological polar surface area (TPSA) is 24.9 Å². The summed E-state index contributed by atoms with van der Waals surface area (Å²) in [5.74, 6) is 5.23. The van der Waals surface area contributed by atoms with Crippen LogP contribution in [0, 0.1) is 12.3 Å². The van der Waals surface area contributed by atoms with Crippen LogP contribution in [0.25, 0.3) is 0 Å². The van der Waals surface area contributed by atoms with Crippen LogP contribution in [0.1, 0.15) is 0 Å². The van der Waals surface area contributed by atoms with Crippen molar-refractivity contribution in [3.63, 3.8) is 0 Å². The Labute approximate surface area is 97.0 Å². The molecule has 0 aromatic carbocycles. The zero-order chi connectivity index (χ0) is 10.2. The number of terminal acetylenes is 1. The maximum Gasteiger partial charge on any atom is 0.140 e. The Balaban J connectivity index is 2.25. The highest BCUT2D eigenvalue weighted by Crippen LogP contribution is 2.17. The molecule has 0 saturated heterocycles. The standard InChI is InChI=1S/C10H11BrN2S/c1-2-7-14-8-6-13-10-9(11)4-3-5-12-10/h1,3-5H,6-8H2,(H,12,13). The molecule has 4 heteroatoms. The number of rotatable bonds is 5. The van der Waals surface area contributed by atoms with E-state index in [1.165, 1.54) is 0 Å². The summed E-state index contributed by atoms with van der Waals surface area (Å²) in [7, 11) is 0. The molecule has 0 aliphatic carbocycles. The Morgan fingerprint density at radius 3 is 3.21 bits per heavy atom. The lowest BCUT2D eigenvalue weighted by atomic mass is 10.4. The van der Waals surface area contributed by atoms with E-state index in [-0.39, 0.29) is 0 Å². The Hall–Kier alpha value is -0.660. The third-order valence-corrected chi connectivity index (χ3v) is 2.99. The second-order valence-electron chi connectivity index (χ2n) is 2.52. The number of anilines is 1. The van der Waals surface area contributed by atoms with Crippen LogP contribution in [-0.2, 0) is 0 Å². The van der Waals surface area contributed by atoms with Gasteiger partial charge >= 0.3 is 0 Å². The van der Waals surface area contributed by atoms with Gasteiger partial charge in [0, 0.05) is 18.5 Å². The van der Waals surface area contributed by atoms with Crippen LogP contribution in [0.5, 0.6) is 0 Å². The highest BCUT2D eigenvalue weighted by molar-refractivity contribution is 9.10. The number of aromatic nitrogens is 1. The van der Waals surface area contributed by atoms with Crippen LogP contribution >= 0.6 is 27.7 Å². The summed E-state index contributed by atoms with van der Waals surface area (Å²) in [5.41, 5.74) is 0. The van der Waals surface area contributed by atoms with E-state index in [1.807, 2.05) is 12.1 Å². The molecule has 1 rings (SSSR count). The molecule has 0 fully saturated rings. The first-order valence-electron chi connectivity index (χ1n) is 4.20. The zero-order valence-electron chi connectivity index (χ0n) is 7.66. The smallest absolute Gasteiger partial charge is 0.140 e. The van der Waals surface area contributed by atoms with Gasteiger partial charge in [-0.2, -0.15) is 0 Å². The molecule has 0 radical (unpaired) electrons. The molecule has 0 atom stereocenters. The Kier molecular flexibility index (Phi) is 5.50. The predicted octanol–water partition coefficient (Wildman–Crippen LogP) is 2.62. The lowest BCUT2D eigenvalue weighted by Gasteiger charge is -2.05. The molecule has 1 heterocycles. The van der Waals surface area contributed by atoms with Gasteiger partial charge < -0.3 is 5.32 Å². The maximum atomic E-state index is 5.13. The van der Waals surface area contributed by atoms with Crippen molar-refractivity contribution >= 4 is 33.5 Å². The van der Waals surface area contributed by atoms with E-state index in [9.17, 15) is 0 Å². The zero-order valence-corrected chi connectivity index (χ0v) is 10.1. The van der Waals surface area contributed by atoms with E-state index in [1.54, 1.807) is 18.0 Å². The van der Waals surface area contributed by atoms with E-state index in [2.05, 4.69) is 32.2 Å². The molecule has 0 saturated carbocycles. The molecule has 0 spiro atoms. The lowest BCUT2D eigenvalue weighted by molar-refractivity contribution is 1.16. The van der Waals surface area contributed by atoms with Crippen LogP contribution in [0.4, 0.5) is 5.82 Å². The summed E-state index contributed by atoms with van der Waals surface area (Å²) >= 11 is 5.15. The largest absolute Gasteiger partial charge is 0.368 e. The minimum absolute atomic E-state index is 0.769. The van der Waals surface area contributed by atoms with Crippen molar-refractivity contribution < 1.29 is 0 Å². The van der Waals surface area contributed by atoms with E-state index in [4.69, 9.17) is 6.42 Å². The minimum Gasteiger partial charge on any atom is -0.368 e. The van der Waals surface area contributed by atoms with Crippen molar-refractivity contribution in [3.8, 4) is 12.3 Å². The summed E-state index contributed by atoms with van der Waals surface area (Å²) in [6.45, 7) is 0.877. The number of halogens is 1. The molecule has 2 nitrogen and oxygen atoms in total. The van der Waals surface area contributed by atoms with E-state index in [0.29, 0.717) is 0 Å². The highest BCUT2D eigenvalue weighted by Gasteiger charge is 1.97. The minimum atomic E-state index is 0.769. The summed E-state index contributed by atoms with van der Waals surface area (Å²) < 4.78 is 0.988. The van der Waals surface area contributed by atoms with Gasteiger partial charge in [-0.3, -0.25) is 0 Å². The van der Waals surface area contributed by atoms with Crippen LogP contribution < -0.4 is 5.32 Å². The van der Waals surface area contributed by atoms with Gasteiger partial charge in [0.15, 0.2) is 0 Å². The Morgan fingerprint density at radius 2 is 2.50 bits per heavy atom. The van der Waals surface area contributed by atoms with Gasteiger partial charge in [-0.05, 0) is 28.1 Å². The molecule has 0 unspecified atom stereocenters. The van der Waals surface area contributed by atoms with E-state index < -0.39 is 0 Å². The van der Waals surface area contributed by atoms with Crippen LogP contribution in [0.2, 0.25) is 0 Å². The number of hydrogen-bond donors (Lipinski definition) is 1. The predicted molar refractivity (Wildman–Crippen MR) is 66.6 cm³/mol. The van der Waals surface area contributed by atoms with Crippen molar-refractivity contribution in [1.29, 1.82) is 0 Å². The van der Waals surface area contributed by atoms with Crippen LogP contribution in [-0.4, -0.2) is 23.0 Å². The molecule has 1 N–H and O–H groups in total. The second-order valence-corrected chi connectivity index (χ2v) is 4.48. The van der Waals surface area contributed by atoms with Crippen molar-refractivity contribution in [2.45, 2.75) is 0 Å². The summed E-state index contributed by atoms with van der Waals surface area (Å²) in [6.07, 6.45) is 6.90. The van der Waals surface area contributed by atoms with Crippen LogP contribution in [0.15, 0.2) is 22.8 Å². The summed E-state index contributed by atoms with van der Waals surface area (Å²) in [6, 6.07) is 3.85. The molecule has 0 aliphatic heterocycles. The lowest BCUT2D eigenvalue weighted by Crippen LogP contribution is -2.06. The normalized spacial score (nSPS) is 9.43. The van der Waals surface area contributed by atoms with Gasteiger partial charge in [0.25, 0.3) is 0 Å². The van der Waals surface area contributed by atoms with Gasteiger partial charge in [-0.1, -0.05) is 5.92 Å². The summed E-state index contributed by atoms with van der Waals surface area (Å²) in [4.78, 5) is 4.19. The van der Waals surface area contributed by atoms with Crippen molar-refractivity contribution in [2.75, 3.05) is 23.4 Å². The van der Waals surface area contributed by atoms with E-state index >= 15 is 0 Å².